The van der Waals surface area contributed by atoms with Crippen LogP contribution in [-0.4, -0.2) is 21.5 Å². The molecule has 0 radical (unpaired) electrons. The molecule has 3 aromatic carbocycles. The lowest BCUT2D eigenvalue weighted by Crippen LogP contribution is -2.34. The molecule has 0 saturated heterocycles. The molecule has 1 amide bonds. The molecule has 0 fully saturated rings. The Labute approximate surface area is 190 Å². The molecule has 1 heterocycles. The maximum atomic E-state index is 12.9. The molecule has 32 heavy (non-hydrogen) atoms. The Balaban J connectivity index is 1.45. The molecule has 162 valence electrons. The number of aryl methyl sites for hydroxylation is 3. The average Bonchev–Trinajstić information content (AvgIpc) is 3.28. The second-order valence-corrected chi connectivity index (χ2v) is 8.47. The quantitative estimate of drug-likeness (QED) is 0.402. The van der Waals surface area contributed by atoms with Gasteiger partial charge in [-0.15, -0.1) is 0 Å². The first-order valence-electron chi connectivity index (χ1n) is 11.1. The largest absolute Gasteiger partial charge is 0.348 e. The number of aromatic nitrogens is 2. The Morgan fingerprint density at radius 2 is 1.62 bits per heavy atom. The summed E-state index contributed by atoms with van der Waals surface area (Å²) in [5.41, 5.74) is 7.58. The lowest BCUT2D eigenvalue weighted by molar-refractivity contribution is 0.0931. The summed E-state index contributed by atoms with van der Waals surface area (Å²) in [6, 6.07) is 25.2. The van der Waals surface area contributed by atoms with Crippen molar-refractivity contribution in [1.29, 1.82) is 0 Å². The number of carbonyl (C=O) groups excluding carboxylic acids is 1. The molecule has 1 atom stereocenters. The molecule has 4 heteroatoms. The Morgan fingerprint density at radius 1 is 0.938 bits per heavy atom. The van der Waals surface area contributed by atoms with Crippen molar-refractivity contribution in [2.24, 2.45) is 0 Å². The van der Waals surface area contributed by atoms with Crippen molar-refractivity contribution >= 4 is 5.91 Å². The number of imidazole rings is 1. The lowest BCUT2D eigenvalue weighted by Gasteiger charge is -2.15. The van der Waals surface area contributed by atoms with E-state index in [0.29, 0.717) is 5.69 Å². The molecule has 4 aromatic rings. The summed E-state index contributed by atoms with van der Waals surface area (Å²) < 4.78 is 1.84. The van der Waals surface area contributed by atoms with Gasteiger partial charge in [0, 0.05) is 11.7 Å². The van der Waals surface area contributed by atoms with E-state index >= 15 is 0 Å². The van der Waals surface area contributed by atoms with Gasteiger partial charge in [0.1, 0.15) is 5.69 Å². The van der Waals surface area contributed by atoms with E-state index in [-0.39, 0.29) is 11.9 Å². The third kappa shape index (κ3) is 5.14. The number of carbonyl (C=O) groups is 1. The van der Waals surface area contributed by atoms with Crippen LogP contribution in [0.2, 0.25) is 0 Å². The summed E-state index contributed by atoms with van der Waals surface area (Å²) in [6.45, 7) is 6.27. The zero-order valence-electron chi connectivity index (χ0n) is 18.9. The molecule has 0 aliphatic rings. The standard InChI is InChI=1S/C28H29N3O/c1-20-15-21(2)17-25(16-20)24-11-13-26(14-12-24)31-19-29-18-27(31)28(32)30-22(3)9-10-23-7-5-4-6-8-23/h4-8,11-19,22H,9-10H2,1-3H3,(H,30,32)/t22-/m1/s1. The van der Waals surface area contributed by atoms with Crippen molar-refractivity contribution < 1.29 is 4.79 Å². The fraction of sp³-hybridized carbons (Fsp3) is 0.214. The fourth-order valence-corrected chi connectivity index (χ4v) is 4.02. The summed E-state index contributed by atoms with van der Waals surface area (Å²) in [5.74, 6) is -0.110. The van der Waals surface area contributed by atoms with Crippen LogP contribution in [0, 0.1) is 13.8 Å². The number of hydrogen-bond donors (Lipinski definition) is 1. The number of rotatable bonds is 7. The van der Waals surface area contributed by atoms with Gasteiger partial charge in [-0.3, -0.25) is 9.36 Å². The molecule has 4 rings (SSSR count). The molecule has 0 saturated carbocycles. The first kappa shape index (κ1) is 21.6. The fourth-order valence-electron chi connectivity index (χ4n) is 4.02. The van der Waals surface area contributed by atoms with Gasteiger partial charge in [0.2, 0.25) is 0 Å². The third-order valence-electron chi connectivity index (χ3n) is 5.66. The first-order chi connectivity index (χ1) is 15.5. The second-order valence-electron chi connectivity index (χ2n) is 8.47. The molecule has 0 aliphatic heterocycles. The zero-order chi connectivity index (χ0) is 22.5. The maximum Gasteiger partial charge on any atom is 0.270 e. The van der Waals surface area contributed by atoms with Crippen molar-refractivity contribution in [1.82, 2.24) is 14.9 Å². The van der Waals surface area contributed by atoms with Gasteiger partial charge in [0.15, 0.2) is 0 Å². The Morgan fingerprint density at radius 3 is 2.31 bits per heavy atom. The Kier molecular flexibility index (Phi) is 6.50. The van der Waals surface area contributed by atoms with Gasteiger partial charge in [-0.05, 0) is 62.4 Å². The third-order valence-corrected chi connectivity index (χ3v) is 5.66. The maximum absolute atomic E-state index is 12.9. The molecule has 0 bridgehead atoms. The normalized spacial score (nSPS) is 11.8. The molecular formula is C28H29N3O. The van der Waals surface area contributed by atoms with Gasteiger partial charge < -0.3 is 5.32 Å². The minimum absolute atomic E-state index is 0.0676. The van der Waals surface area contributed by atoms with Gasteiger partial charge in [0.25, 0.3) is 5.91 Å². The van der Waals surface area contributed by atoms with E-state index < -0.39 is 0 Å². The highest BCUT2D eigenvalue weighted by Gasteiger charge is 2.15. The van der Waals surface area contributed by atoms with Crippen molar-refractivity contribution in [3.63, 3.8) is 0 Å². The summed E-state index contributed by atoms with van der Waals surface area (Å²) in [7, 11) is 0. The second kappa shape index (κ2) is 9.65. The van der Waals surface area contributed by atoms with E-state index in [4.69, 9.17) is 0 Å². The van der Waals surface area contributed by atoms with Crippen LogP contribution >= 0.6 is 0 Å². The molecular weight excluding hydrogens is 394 g/mol. The number of nitrogens with zero attached hydrogens (tertiary/aromatic N) is 2. The van der Waals surface area contributed by atoms with E-state index in [1.54, 1.807) is 12.5 Å². The topological polar surface area (TPSA) is 46.9 Å². The van der Waals surface area contributed by atoms with Gasteiger partial charge >= 0.3 is 0 Å². The van der Waals surface area contributed by atoms with Crippen molar-refractivity contribution in [2.45, 2.75) is 39.7 Å². The summed E-state index contributed by atoms with van der Waals surface area (Å²) >= 11 is 0. The lowest BCUT2D eigenvalue weighted by atomic mass is 10.0. The average molecular weight is 424 g/mol. The molecule has 0 unspecified atom stereocenters. The SMILES string of the molecule is Cc1cc(C)cc(-c2ccc(-n3cncc3C(=O)N[C@H](C)CCc3ccccc3)cc2)c1. The van der Waals surface area contributed by atoms with Crippen molar-refractivity contribution in [3.8, 4) is 16.8 Å². The predicted octanol–water partition coefficient (Wildman–Crippen LogP) is 5.91. The number of amides is 1. The predicted molar refractivity (Wildman–Crippen MR) is 130 cm³/mol. The highest BCUT2D eigenvalue weighted by molar-refractivity contribution is 5.93. The molecule has 0 aliphatic carbocycles. The Hall–Kier alpha value is -3.66. The molecule has 1 N–H and O–H groups in total. The minimum Gasteiger partial charge on any atom is -0.348 e. The van der Waals surface area contributed by atoms with Crippen molar-refractivity contribution in [2.75, 3.05) is 0 Å². The van der Waals surface area contributed by atoms with Gasteiger partial charge in [0.05, 0.1) is 12.5 Å². The van der Waals surface area contributed by atoms with Crippen LogP contribution in [-0.2, 0) is 6.42 Å². The Bertz CT molecular complexity index is 1170. The monoisotopic (exact) mass is 423 g/mol. The van der Waals surface area contributed by atoms with E-state index in [1.807, 2.05) is 41.8 Å². The number of benzene rings is 3. The molecule has 4 nitrogen and oxygen atoms in total. The van der Waals surface area contributed by atoms with Gasteiger partial charge in [-0.2, -0.15) is 0 Å². The number of hydrogen-bond acceptors (Lipinski definition) is 2. The van der Waals surface area contributed by atoms with Crippen LogP contribution in [0.3, 0.4) is 0 Å². The minimum atomic E-state index is -0.110. The summed E-state index contributed by atoms with van der Waals surface area (Å²) in [5, 5.41) is 3.11. The zero-order valence-corrected chi connectivity index (χ0v) is 18.9. The van der Waals surface area contributed by atoms with E-state index in [0.717, 1.165) is 24.1 Å². The van der Waals surface area contributed by atoms with E-state index in [1.165, 1.54) is 22.3 Å². The summed E-state index contributed by atoms with van der Waals surface area (Å²) in [4.78, 5) is 17.1. The van der Waals surface area contributed by atoms with Crippen LogP contribution in [0.25, 0.3) is 16.8 Å². The van der Waals surface area contributed by atoms with Gasteiger partial charge in [-0.1, -0.05) is 71.8 Å². The molecule has 1 aromatic heterocycles. The summed E-state index contributed by atoms with van der Waals surface area (Å²) in [6.07, 6.45) is 5.13. The van der Waals surface area contributed by atoms with Crippen LogP contribution in [0.4, 0.5) is 0 Å². The van der Waals surface area contributed by atoms with E-state index in [2.05, 4.69) is 66.6 Å². The first-order valence-corrected chi connectivity index (χ1v) is 11.1. The van der Waals surface area contributed by atoms with Crippen LogP contribution < -0.4 is 5.32 Å². The van der Waals surface area contributed by atoms with E-state index in [9.17, 15) is 4.79 Å². The van der Waals surface area contributed by atoms with Crippen LogP contribution in [0.5, 0.6) is 0 Å². The number of nitrogens with one attached hydrogen (secondary N) is 1. The van der Waals surface area contributed by atoms with Gasteiger partial charge in [-0.25, -0.2) is 4.98 Å². The smallest absolute Gasteiger partial charge is 0.270 e. The highest BCUT2D eigenvalue weighted by Crippen LogP contribution is 2.24. The highest BCUT2D eigenvalue weighted by atomic mass is 16.2. The van der Waals surface area contributed by atoms with Crippen molar-refractivity contribution in [3.05, 3.63) is 108 Å². The van der Waals surface area contributed by atoms with Crippen LogP contribution in [0.1, 0.15) is 40.5 Å². The van der Waals surface area contributed by atoms with Crippen LogP contribution in [0.15, 0.2) is 85.3 Å². The molecule has 0 spiro atoms.